The molecular formula is C18H16ClN3O2. The van der Waals surface area contributed by atoms with Crippen LogP contribution in [-0.2, 0) is 11.3 Å². The van der Waals surface area contributed by atoms with Crippen molar-refractivity contribution in [3.63, 3.8) is 0 Å². The van der Waals surface area contributed by atoms with Crippen molar-refractivity contribution in [2.75, 3.05) is 12.4 Å². The number of carbonyl (C=O) groups is 1. The maximum atomic E-state index is 12.2. The zero-order valence-corrected chi connectivity index (χ0v) is 13.8. The number of nitriles is 1. The molecule has 0 aliphatic rings. The average Bonchev–Trinajstić information content (AvgIpc) is 2.60. The first-order valence-electron chi connectivity index (χ1n) is 7.16. The van der Waals surface area contributed by atoms with Crippen LogP contribution in [0.25, 0.3) is 0 Å². The number of amides is 1. The highest BCUT2D eigenvalue weighted by molar-refractivity contribution is 6.31. The first-order chi connectivity index (χ1) is 11.6. The zero-order chi connectivity index (χ0) is 17.4. The van der Waals surface area contributed by atoms with Crippen LogP contribution < -0.4 is 15.4 Å². The van der Waals surface area contributed by atoms with E-state index in [1.54, 1.807) is 18.2 Å². The number of carbonyl (C=O) groups excluding carboxylic acids is 1. The molecule has 0 bridgehead atoms. The van der Waals surface area contributed by atoms with E-state index in [4.69, 9.17) is 16.3 Å². The third-order valence-corrected chi connectivity index (χ3v) is 3.41. The van der Waals surface area contributed by atoms with Crippen LogP contribution in [0.1, 0.15) is 5.56 Å². The van der Waals surface area contributed by atoms with Crippen LogP contribution in [0.2, 0.25) is 5.02 Å². The molecule has 0 heterocycles. The molecule has 0 fully saturated rings. The van der Waals surface area contributed by atoms with E-state index in [0.717, 1.165) is 5.56 Å². The van der Waals surface area contributed by atoms with Gasteiger partial charge in [0.1, 0.15) is 17.4 Å². The van der Waals surface area contributed by atoms with Crippen LogP contribution in [0.3, 0.4) is 0 Å². The molecule has 0 atom stereocenters. The highest BCUT2D eigenvalue weighted by Crippen LogP contribution is 2.27. The summed E-state index contributed by atoms with van der Waals surface area (Å²) in [6.45, 7) is 0.514. The molecule has 2 aromatic carbocycles. The maximum absolute atomic E-state index is 12.2. The number of halogens is 1. The Morgan fingerprint density at radius 2 is 2.04 bits per heavy atom. The van der Waals surface area contributed by atoms with E-state index < -0.39 is 5.91 Å². The van der Waals surface area contributed by atoms with Gasteiger partial charge in [0.15, 0.2) is 0 Å². The van der Waals surface area contributed by atoms with Gasteiger partial charge in [0.2, 0.25) is 0 Å². The number of rotatable bonds is 6. The molecule has 0 saturated heterocycles. The van der Waals surface area contributed by atoms with Gasteiger partial charge in [0, 0.05) is 17.8 Å². The first kappa shape index (κ1) is 17.4. The van der Waals surface area contributed by atoms with Crippen molar-refractivity contribution >= 4 is 23.2 Å². The quantitative estimate of drug-likeness (QED) is 0.623. The lowest BCUT2D eigenvalue weighted by atomic mass is 10.2. The molecule has 0 aliphatic heterocycles. The molecule has 0 aromatic heterocycles. The minimum Gasteiger partial charge on any atom is -0.495 e. The summed E-state index contributed by atoms with van der Waals surface area (Å²) >= 11 is 5.92. The molecule has 2 aromatic rings. The molecule has 5 nitrogen and oxygen atoms in total. The summed E-state index contributed by atoms with van der Waals surface area (Å²) in [7, 11) is 1.49. The van der Waals surface area contributed by atoms with Crippen LogP contribution in [0.15, 0.2) is 60.3 Å². The Labute approximate surface area is 145 Å². The topological polar surface area (TPSA) is 74.1 Å². The highest BCUT2D eigenvalue weighted by Gasteiger charge is 2.12. The van der Waals surface area contributed by atoms with Gasteiger partial charge in [0.05, 0.1) is 12.8 Å². The van der Waals surface area contributed by atoms with Crippen molar-refractivity contribution in [2.45, 2.75) is 6.54 Å². The van der Waals surface area contributed by atoms with E-state index >= 15 is 0 Å². The summed E-state index contributed by atoms with van der Waals surface area (Å²) in [5, 5.41) is 15.2. The Morgan fingerprint density at radius 1 is 1.29 bits per heavy atom. The molecule has 2 rings (SSSR count). The lowest BCUT2D eigenvalue weighted by Gasteiger charge is -2.10. The fourth-order valence-corrected chi connectivity index (χ4v) is 2.16. The second kappa shape index (κ2) is 8.61. The van der Waals surface area contributed by atoms with Crippen molar-refractivity contribution in [3.8, 4) is 11.8 Å². The largest absolute Gasteiger partial charge is 0.495 e. The lowest BCUT2D eigenvalue weighted by molar-refractivity contribution is -0.112. The van der Waals surface area contributed by atoms with Crippen molar-refractivity contribution < 1.29 is 9.53 Å². The molecule has 0 spiro atoms. The molecule has 0 unspecified atom stereocenters. The number of hydrogen-bond acceptors (Lipinski definition) is 4. The van der Waals surface area contributed by atoms with Crippen molar-refractivity contribution in [1.29, 1.82) is 5.26 Å². The third-order valence-electron chi connectivity index (χ3n) is 3.17. The predicted molar refractivity (Wildman–Crippen MR) is 93.6 cm³/mol. The summed E-state index contributed by atoms with van der Waals surface area (Å²) in [5.41, 5.74) is 1.40. The minimum absolute atomic E-state index is 0.0482. The second-order valence-electron chi connectivity index (χ2n) is 4.84. The molecule has 0 saturated carbocycles. The zero-order valence-electron chi connectivity index (χ0n) is 13.0. The fourth-order valence-electron chi connectivity index (χ4n) is 1.98. The number of benzene rings is 2. The molecule has 1 amide bonds. The summed E-state index contributed by atoms with van der Waals surface area (Å²) in [4.78, 5) is 12.2. The Hall–Kier alpha value is -2.97. The molecule has 6 heteroatoms. The van der Waals surface area contributed by atoms with Gasteiger partial charge in [-0.25, -0.2) is 0 Å². The van der Waals surface area contributed by atoms with Gasteiger partial charge < -0.3 is 15.4 Å². The van der Waals surface area contributed by atoms with Gasteiger partial charge >= 0.3 is 0 Å². The number of nitrogens with zero attached hydrogens (tertiary/aromatic N) is 1. The monoisotopic (exact) mass is 341 g/mol. The van der Waals surface area contributed by atoms with Crippen LogP contribution >= 0.6 is 11.6 Å². The summed E-state index contributed by atoms with van der Waals surface area (Å²) < 4.78 is 5.16. The van der Waals surface area contributed by atoms with E-state index in [2.05, 4.69) is 10.6 Å². The summed E-state index contributed by atoms with van der Waals surface area (Å²) in [6, 6.07) is 16.4. The fraction of sp³-hybridized carbons (Fsp3) is 0.111. The Kier molecular flexibility index (Phi) is 6.23. The van der Waals surface area contributed by atoms with Crippen LogP contribution in [0.5, 0.6) is 5.75 Å². The van der Waals surface area contributed by atoms with Crippen molar-refractivity contribution in [3.05, 3.63) is 70.9 Å². The van der Waals surface area contributed by atoms with Gasteiger partial charge in [-0.2, -0.15) is 5.26 Å². The Balaban J connectivity index is 2.05. The predicted octanol–water partition coefficient (Wildman–Crippen LogP) is 3.48. The molecular weight excluding hydrogens is 326 g/mol. The molecule has 122 valence electrons. The van der Waals surface area contributed by atoms with E-state index in [-0.39, 0.29) is 5.57 Å². The second-order valence-corrected chi connectivity index (χ2v) is 5.27. The van der Waals surface area contributed by atoms with Gasteiger partial charge in [-0.3, -0.25) is 4.79 Å². The molecule has 24 heavy (non-hydrogen) atoms. The summed E-state index contributed by atoms with van der Waals surface area (Å²) in [6.07, 6.45) is 1.39. The molecule has 2 N–H and O–H groups in total. The molecule has 0 radical (unpaired) electrons. The normalized spacial score (nSPS) is 10.6. The number of hydrogen-bond donors (Lipinski definition) is 2. The number of nitrogens with one attached hydrogen (secondary N) is 2. The maximum Gasteiger partial charge on any atom is 0.267 e. The standard InChI is InChI=1S/C18H16ClN3O2/c1-24-17-8-7-15(19)9-16(17)22-18(23)14(10-20)12-21-11-13-5-3-2-4-6-13/h2-9,12,21H,11H2,1H3,(H,22,23)/b14-12-. The Bertz CT molecular complexity index is 783. The van der Waals surface area contributed by atoms with Gasteiger partial charge in [-0.05, 0) is 23.8 Å². The Morgan fingerprint density at radius 3 is 2.71 bits per heavy atom. The number of ether oxygens (including phenoxy) is 1. The van der Waals surface area contributed by atoms with Crippen molar-refractivity contribution in [2.24, 2.45) is 0 Å². The number of anilines is 1. The van der Waals surface area contributed by atoms with Gasteiger partial charge in [-0.1, -0.05) is 41.9 Å². The van der Waals surface area contributed by atoms with E-state index in [0.29, 0.717) is 23.0 Å². The average molecular weight is 342 g/mol. The smallest absolute Gasteiger partial charge is 0.267 e. The van der Waals surface area contributed by atoms with E-state index in [1.807, 2.05) is 36.4 Å². The molecule has 0 aliphatic carbocycles. The van der Waals surface area contributed by atoms with Gasteiger partial charge in [-0.15, -0.1) is 0 Å². The lowest BCUT2D eigenvalue weighted by Crippen LogP contribution is -2.17. The van der Waals surface area contributed by atoms with Gasteiger partial charge in [0.25, 0.3) is 5.91 Å². The first-order valence-corrected chi connectivity index (χ1v) is 7.54. The van der Waals surface area contributed by atoms with Crippen LogP contribution in [0.4, 0.5) is 5.69 Å². The van der Waals surface area contributed by atoms with E-state index in [1.165, 1.54) is 13.3 Å². The number of methoxy groups -OCH3 is 1. The highest BCUT2D eigenvalue weighted by atomic mass is 35.5. The SMILES string of the molecule is COc1ccc(Cl)cc1NC(=O)/C(C#N)=C\NCc1ccccc1. The van der Waals surface area contributed by atoms with Crippen molar-refractivity contribution in [1.82, 2.24) is 5.32 Å². The minimum atomic E-state index is -0.543. The van der Waals surface area contributed by atoms with E-state index in [9.17, 15) is 10.1 Å². The third kappa shape index (κ3) is 4.77. The van der Waals surface area contributed by atoms with Crippen LogP contribution in [-0.4, -0.2) is 13.0 Å². The summed E-state index contributed by atoms with van der Waals surface area (Å²) in [5.74, 6) is -0.0825. The van der Waals surface area contributed by atoms with Crippen LogP contribution in [0, 0.1) is 11.3 Å².